The van der Waals surface area contributed by atoms with Crippen molar-refractivity contribution in [3.05, 3.63) is 118 Å². The van der Waals surface area contributed by atoms with Gasteiger partial charge in [-0.2, -0.15) is 0 Å². The van der Waals surface area contributed by atoms with Gasteiger partial charge in [0, 0.05) is 18.1 Å². The van der Waals surface area contributed by atoms with E-state index in [1.165, 1.54) is 38.1 Å². The van der Waals surface area contributed by atoms with Crippen molar-refractivity contribution in [3.8, 4) is 34.5 Å². The maximum absolute atomic E-state index is 5.69. The normalized spacial score (nSPS) is 10.9. The molecule has 0 saturated carbocycles. The van der Waals surface area contributed by atoms with E-state index < -0.39 is 0 Å². The maximum Gasteiger partial charge on any atom is 0.203 e. The van der Waals surface area contributed by atoms with Crippen molar-refractivity contribution in [3.63, 3.8) is 0 Å². The third-order valence-corrected chi connectivity index (χ3v) is 13.3. The second kappa shape index (κ2) is 28.1. The molecule has 0 unspecified atom stereocenters. The molecule has 0 aliphatic rings. The van der Waals surface area contributed by atoms with Gasteiger partial charge in [-0.3, -0.25) is 0 Å². The summed E-state index contributed by atoms with van der Waals surface area (Å²) in [6.45, 7) is 23.8. The van der Waals surface area contributed by atoms with E-state index in [4.69, 9.17) is 38.6 Å². The van der Waals surface area contributed by atoms with Crippen molar-refractivity contribution < 1.29 is 32.8 Å². The average molecular weight is 1010 g/mol. The van der Waals surface area contributed by atoms with Gasteiger partial charge in [-0.05, 0) is 113 Å². The molecule has 8 rings (SSSR count). The number of aryl methyl sites for hydroxylation is 1. The van der Waals surface area contributed by atoms with E-state index in [9.17, 15) is 0 Å². The van der Waals surface area contributed by atoms with Gasteiger partial charge in [0.15, 0.2) is 39.6 Å². The van der Waals surface area contributed by atoms with Crippen LogP contribution in [-0.2, 0) is 6.42 Å². The van der Waals surface area contributed by atoms with Crippen LogP contribution in [0.2, 0.25) is 0 Å². The fraction of sp³-hybridized carbons (Fsp3) is 0.431. The van der Waals surface area contributed by atoms with Gasteiger partial charge in [0.25, 0.3) is 0 Å². The number of nitrogen functional groups attached to an aromatic ring is 1. The molecule has 8 aromatic rings. The first-order valence-corrected chi connectivity index (χ1v) is 26.1. The molecule has 0 bridgehead atoms. The minimum absolute atomic E-state index is 0.389. The Labute approximate surface area is 431 Å². The lowest BCUT2D eigenvalue weighted by molar-refractivity contribution is 0.323. The van der Waals surface area contributed by atoms with E-state index in [0.717, 1.165) is 57.9 Å². The van der Waals surface area contributed by atoms with E-state index in [2.05, 4.69) is 134 Å². The molecule has 11 nitrogen and oxygen atoms in total. The highest BCUT2D eigenvalue weighted by molar-refractivity contribution is 7.22. The van der Waals surface area contributed by atoms with Crippen LogP contribution in [0.1, 0.15) is 152 Å². The summed E-state index contributed by atoms with van der Waals surface area (Å²) in [5.74, 6) is 7.73. The van der Waals surface area contributed by atoms with Crippen LogP contribution in [0, 0.1) is 0 Å². The highest BCUT2D eigenvalue weighted by Crippen LogP contribution is 2.40. The topological polar surface area (TPSA) is 133 Å². The number of fused-ring (bicyclic) bond motifs is 3. The summed E-state index contributed by atoms with van der Waals surface area (Å²) in [6, 6.07) is 26.9. The zero-order chi connectivity index (χ0) is 52.4. The lowest BCUT2D eigenvalue weighted by Crippen LogP contribution is -1.98. The third kappa shape index (κ3) is 16.2. The summed E-state index contributed by atoms with van der Waals surface area (Å²) in [4.78, 5) is 13.0. The van der Waals surface area contributed by atoms with Gasteiger partial charge in [-0.15, -0.1) is 11.3 Å². The summed E-state index contributed by atoms with van der Waals surface area (Å²) in [7, 11) is 9.77. The Balaban J connectivity index is 0.000000193. The van der Waals surface area contributed by atoms with Gasteiger partial charge in [-0.1, -0.05) is 112 Å². The highest BCUT2D eigenvalue weighted by Gasteiger charge is 2.16. The molecule has 0 amide bonds. The number of hydrogen-bond donors (Lipinski definition) is 1. The number of rotatable bonds is 14. The number of benzene rings is 5. The number of oxazole rings is 1. The van der Waals surface area contributed by atoms with Crippen LogP contribution in [-0.4, -0.2) is 57.6 Å². The molecule has 0 atom stereocenters. The Morgan fingerprint density at radius 3 is 1.55 bits per heavy atom. The predicted molar refractivity (Wildman–Crippen MR) is 299 cm³/mol. The van der Waals surface area contributed by atoms with Crippen molar-refractivity contribution in [2.75, 3.05) is 48.4 Å². The molecule has 0 aliphatic carbocycles. The number of methoxy groups -OCH3 is 6. The van der Waals surface area contributed by atoms with E-state index in [-0.39, 0.29) is 0 Å². The summed E-state index contributed by atoms with van der Waals surface area (Å²) in [6.07, 6.45) is 3.27. The fourth-order valence-electron chi connectivity index (χ4n) is 7.27. The minimum Gasteiger partial charge on any atom is -0.496 e. The molecular weight excluding hydrogens is 929 g/mol. The molecule has 0 fully saturated rings. The molecule has 5 aromatic carbocycles. The van der Waals surface area contributed by atoms with Gasteiger partial charge < -0.3 is 38.6 Å². The monoisotopic (exact) mass is 1010 g/mol. The molecular formula is C58H78N4O7S2. The highest BCUT2D eigenvalue weighted by atomic mass is 32.1. The molecule has 3 heterocycles. The second-order valence-corrected chi connectivity index (χ2v) is 20.4. The van der Waals surface area contributed by atoms with E-state index in [1.54, 1.807) is 65.3 Å². The standard InChI is InChI=1S/C14H19NO.2C12H18O3.C10H12N2S.C10H11NS/c1-4-5-6-14-15-12-9-11(10(2)3)7-8-13(12)16-14;1-8(2)9-6-11(14-4)12(15-5)7-10(9)13-3;1-8(2)9-6-10(13-3)12(15-5)11(7-9)14-4;1-6(2)7-3-4-8-9(5-7)13-10(11)12-8;1-7(2)8-3-4-9-10(5-8)12-6-11-9/h7-10H,4-6H2,1-3H3;2*6-8H,1-5H3;3-6H,1-2H3,(H2,11,12);3-7H,1-2H3. The Bertz CT molecular complexity index is 2840. The van der Waals surface area contributed by atoms with Crippen LogP contribution >= 0.6 is 22.7 Å². The van der Waals surface area contributed by atoms with E-state index in [1.807, 2.05) is 41.9 Å². The summed E-state index contributed by atoms with van der Waals surface area (Å²) in [5, 5.41) is 0.649. The first-order valence-electron chi connectivity index (χ1n) is 24.4. The van der Waals surface area contributed by atoms with Crippen molar-refractivity contribution in [1.29, 1.82) is 0 Å². The largest absolute Gasteiger partial charge is 0.496 e. The Morgan fingerprint density at radius 1 is 0.507 bits per heavy atom. The Kier molecular flexibility index (Phi) is 22.8. The predicted octanol–water partition coefficient (Wildman–Crippen LogP) is 16.4. The number of hydrogen-bond acceptors (Lipinski definition) is 13. The molecule has 0 saturated heterocycles. The van der Waals surface area contributed by atoms with Crippen LogP contribution in [0.3, 0.4) is 0 Å². The third-order valence-electron chi connectivity index (χ3n) is 11.7. The number of thiazole rings is 2. The Hall–Kier alpha value is -6.05. The zero-order valence-corrected chi connectivity index (χ0v) is 46.8. The second-order valence-electron chi connectivity index (χ2n) is 18.5. The van der Waals surface area contributed by atoms with Crippen molar-refractivity contribution in [2.24, 2.45) is 0 Å². The smallest absolute Gasteiger partial charge is 0.203 e. The van der Waals surface area contributed by atoms with Gasteiger partial charge >= 0.3 is 0 Å². The molecule has 2 N–H and O–H groups in total. The SMILES string of the molecule is CC(C)c1ccc2nc(N)sc2c1.CC(C)c1ccc2ncsc2c1.CCCCc1nc2cc(C(C)C)ccc2o1.COc1cc(C(C)C)cc(OC)c1OC.COc1cc(OC)c(C(C)C)cc1OC. The number of unbranched alkanes of at least 4 members (excludes halogenated alkanes) is 1. The van der Waals surface area contributed by atoms with Gasteiger partial charge in [0.2, 0.25) is 5.75 Å². The zero-order valence-electron chi connectivity index (χ0n) is 45.2. The number of anilines is 1. The van der Waals surface area contributed by atoms with Crippen LogP contribution < -0.4 is 34.2 Å². The fourth-order valence-corrected chi connectivity index (χ4v) is 8.78. The molecule has 3 aromatic heterocycles. The van der Waals surface area contributed by atoms with Crippen LogP contribution in [0.5, 0.6) is 34.5 Å². The van der Waals surface area contributed by atoms with Gasteiger partial charge in [0.1, 0.15) is 11.3 Å². The molecule has 384 valence electrons. The lowest BCUT2D eigenvalue weighted by atomic mass is 10.0. The molecule has 71 heavy (non-hydrogen) atoms. The summed E-state index contributed by atoms with van der Waals surface area (Å²) in [5.41, 5.74) is 17.9. The van der Waals surface area contributed by atoms with E-state index in [0.29, 0.717) is 57.7 Å². The molecule has 0 spiro atoms. The first kappa shape index (κ1) is 57.5. The molecule has 13 heteroatoms. The Morgan fingerprint density at radius 2 is 1.03 bits per heavy atom. The number of aromatic nitrogens is 3. The molecule has 0 radical (unpaired) electrons. The van der Waals surface area contributed by atoms with E-state index >= 15 is 0 Å². The minimum atomic E-state index is 0.389. The summed E-state index contributed by atoms with van der Waals surface area (Å²) < 4.78 is 39.7. The quantitative estimate of drug-likeness (QED) is 0.112. The van der Waals surface area contributed by atoms with Crippen molar-refractivity contribution in [2.45, 2.75) is 125 Å². The first-order chi connectivity index (χ1) is 33.9. The number of nitrogens with two attached hydrogens (primary N) is 1. The summed E-state index contributed by atoms with van der Waals surface area (Å²) >= 11 is 3.26. The van der Waals surface area contributed by atoms with Crippen LogP contribution in [0.15, 0.2) is 88.8 Å². The van der Waals surface area contributed by atoms with Gasteiger partial charge in [0.05, 0.1) is 68.6 Å². The molecule has 0 aliphatic heterocycles. The van der Waals surface area contributed by atoms with Crippen LogP contribution in [0.25, 0.3) is 31.5 Å². The lowest BCUT2D eigenvalue weighted by Gasteiger charge is -2.15. The number of ether oxygens (including phenoxy) is 6. The average Bonchev–Trinajstić information content (AvgIpc) is 4.12. The van der Waals surface area contributed by atoms with Crippen molar-refractivity contribution in [1.82, 2.24) is 15.0 Å². The van der Waals surface area contributed by atoms with Crippen LogP contribution in [0.4, 0.5) is 5.13 Å². The number of nitrogens with zero attached hydrogens (tertiary/aromatic N) is 3. The van der Waals surface area contributed by atoms with Crippen molar-refractivity contribution >= 4 is 59.3 Å². The maximum atomic E-state index is 5.69. The van der Waals surface area contributed by atoms with Gasteiger partial charge in [-0.25, -0.2) is 15.0 Å².